The molecule has 0 bridgehead atoms. The van der Waals surface area contributed by atoms with Gasteiger partial charge in [-0.15, -0.1) is 0 Å². The van der Waals surface area contributed by atoms with Crippen LogP contribution in [0.15, 0.2) is 43.0 Å². The normalized spacial score (nSPS) is 18.9. The van der Waals surface area contributed by atoms with Crippen molar-refractivity contribution in [2.45, 2.75) is 32.5 Å². The highest BCUT2D eigenvalue weighted by Gasteiger charge is 2.24. The molecule has 0 radical (unpaired) electrons. The van der Waals surface area contributed by atoms with Gasteiger partial charge in [-0.1, -0.05) is 0 Å². The van der Waals surface area contributed by atoms with Crippen molar-refractivity contribution in [2.75, 3.05) is 19.6 Å². The first kappa shape index (κ1) is 16.2. The van der Waals surface area contributed by atoms with Gasteiger partial charge < -0.3 is 5.32 Å². The molecule has 1 N–H and O–H groups in total. The van der Waals surface area contributed by atoms with Crippen LogP contribution in [0.25, 0.3) is 11.0 Å². The van der Waals surface area contributed by atoms with E-state index in [0.717, 1.165) is 37.2 Å². The molecule has 1 fully saturated rings. The van der Waals surface area contributed by atoms with Gasteiger partial charge in [0.1, 0.15) is 0 Å². The third-order valence-electron chi connectivity index (χ3n) is 4.81. The summed E-state index contributed by atoms with van der Waals surface area (Å²) in [5, 5.41) is 9.09. The summed E-state index contributed by atoms with van der Waals surface area (Å²) >= 11 is 0. The van der Waals surface area contributed by atoms with E-state index in [4.69, 9.17) is 0 Å². The van der Waals surface area contributed by atoms with E-state index in [9.17, 15) is 0 Å². The maximum Gasteiger partial charge on any atom is 0.157 e. The van der Waals surface area contributed by atoms with Crippen LogP contribution in [0.1, 0.15) is 37.1 Å². The van der Waals surface area contributed by atoms with Crippen molar-refractivity contribution in [3.8, 4) is 0 Å². The van der Waals surface area contributed by atoms with Crippen molar-refractivity contribution in [1.29, 1.82) is 0 Å². The van der Waals surface area contributed by atoms with Crippen LogP contribution >= 0.6 is 0 Å². The lowest BCUT2D eigenvalue weighted by Crippen LogP contribution is -2.45. The highest BCUT2D eigenvalue weighted by Crippen LogP contribution is 2.24. The lowest BCUT2D eigenvalue weighted by Gasteiger charge is -2.36. The topological polar surface area (TPSA) is 58.9 Å². The number of piperazine rings is 1. The average Bonchev–Trinajstić information content (AvgIpc) is 3.06. The molecule has 0 spiro atoms. The van der Waals surface area contributed by atoms with Gasteiger partial charge in [-0.3, -0.25) is 9.88 Å². The number of hydrogen-bond acceptors (Lipinski definition) is 5. The molecule has 130 valence electrons. The second-order valence-electron chi connectivity index (χ2n) is 6.91. The fraction of sp³-hybridized carbons (Fsp3) is 0.421. The van der Waals surface area contributed by atoms with Crippen molar-refractivity contribution in [3.05, 3.63) is 54.1 Å². The van der Waals surface area contributed by atoms with E-state index in [0.29, 0.717) is 12.1 Å². The molecule has 0 aromatic carbocycles. The lowest BCUT2D eigenvalue weighted by atomic mass is 10.0. The summed E-state index contributed by atoms with van der Waals surface area (Å²) in [6.45, 7) is 8.15. The predicted molar refractivity (Wildman–Crippen MR) is 98.2 cm³/mol. The van der Waals surface area contributed by atoms with E-state index >= 15 is 0 Å². The summed E-state index contributed by atoms with van der Waals surface area (Å²) in [5.41, 5.74) is 3.50. The molecular formula is C19H24N6. The SMILES string of the molecule is CC(C)n1ncc2cc(CN3CCNCC3c3ccncc3)cnc21. The van der Waals surface area contributed by atoms with Crippen LogP contribution in [-0.2, 0) is 6.54 Å². The highest BCUT2D eigenvalue weighted by atomic mass is 15.3. The monoisotopic (exact) mass is 336 g/mol. The molecule has 6 heteroatoms. The van der Waals surface area contributed by atoms with Crippen molar-refractivity contribution in [1.82, 2.24) is 30.0 Å². The van der Waals surface area contributed by atoms with Crippen molar-refractivity contribution in [3.63, 3.8) is 0 Å². The smallest absolute Gasteiger partial charge is 0.157 e. The van der Waals surface area contributed by atoms with Gasteiger partial charge in [0.15, 0.2) is 5.65 Å². The Labute approximate surface area is 147 Å². The van der Waals surface area contributed by atoms with Gasteiger partial charge in [-0.25, -0.2) is 9.67 Å². The number of nitrogens with one attached hydrogen (secondary N) is 1. The summed E-state index contributed by atoms with van der Waals surface area (Å²) in [6, 6.07) is 7.13. The number of fused-ring (bicyclic) bond motifs is 1. The summed E-state index contributed by atoms with van der Waals surface area (Å²) in [5.74, 6) is 0. The Balaban J connectivity index is 1.58. The summed E-state index contributed by atoms with van der Waals surface area (Å²) < 4.78 is 1.98. The first-order valence-electron chi connectivity index (χ1n) is 8.89. The number of hydrogen-bond donors (Lipinski definition) is 1. The van der Waals surface area contributed by atoms with Gasteiger partial charge in [-0.05, 0) is 43.2 Å². The van der Waals surface area contributed by atoms with E-state index in [1.807, 2.05) is 29.5 Å². The second kappa shape index (κ2) is 6.90. The zero-order valence-corrected chi connectivity index (χ0v) is 14.8. The van der Waals surface area contributed by atoms with Crippen LogP contribution in [0.5, 0.6) is 0 Å². The van der Waals surface area contributed by atoms with E-state index in [2.05, 4.69) is 57.3 Å². The minimum Gasteiger partial charge on any atom is -0.314 e. The third-order valence-corrected chi connectivity index (χ3v) is 4.81. The molecule has 1 atom stereocenters. The van der Waals surface area contributed by atoms with Crippen LogP contribution in [-0.4, -0.2) is 44.3 Å². The van der Waals surface area contributed by atoms with Gasteiger partial charge in [0.05, 0.1) is 6.20 Å². The molecule has 0 saturated carbocycles. The molecular weight excluding hydrogens is 312 g/mol. The fourth-order valence-corrected chi connectivity index (χ4v) is 3.53. The summed E-state index contributed by atoms with van der Waals surface area (Å²) in [7, 11) is 0. The quantitative estimate of drug-likeness (QED) is 0.793. The largest absolute Gasteiger partial charge is 0.314 e. The molecule has 4 heterocycles. The van der Waals surface area contributed by atoms with Crippen molar-refractivity contribution >= 4 is 11.0 Å². The Morgan fingerprint density at radius 3 is 2.88 bits per heavy atom. The van der Waals surface area contributed by atoms with Crippen LogP contribution < -0.4 is 5.32 Å². The molecule has 1 aliphatic rings. The zero-order chi connectivity index (χ0) is 17.2. The minimum absolute atomic E-state index is 0.320. The number of pyridine rings is 2. The molecule has 6 nitrogen and oxygen atoms in total. The molecule has 1 unspecified atom stereocenters. The van der Waals surface area contributed by atoms with Crippen LogP contribution in [0.3, 0.4) is 0 Å². The highest BCUT2D eigenvalue weighted by molar-refractivity contribution is 5.75. The van der Waals surface area contributed by atoms with E-state index < -0.39 is 0 Å². The Morgan fingerprint density at radius 2 is 2.08 bits per heavy atom. The van der Waals surface area contributed by atoms with Gasteiger partial charge in [-0.2, -0.15) is 5.10 Å². The van der Waals surface area contributed by atoms with Gasteiger partial charge in [0, 0.05) is 62.2 Å². The maximum absolute atomic E-state index is 4.67. The maximum atomic E-state index is 4.67. The van der Waals surface area contributed by atoms with Crippen molar-refractivity contribution < 1.29 is 0 Å². The summed E-state index contributed by atoms with van der Waals surface area (Å²) in [4.78, 5) is 11.3. The second-order valence-corrected chi connectivity index (χ2v) is 6.91. The van der Waals surface area contributed by atoms with Crippen molar-refractivity contribution in [2.24, 2.45) is 0 Å². The first-order valence-corrected chi connectivity index (χ1v) is 8.89. The van der Waals surface area contributed by atoms with E-state index in [1.165, 1.54) is 11.1 Å². The zero-order valence-electron chi connectivity index (χ0n) is 14.8. The Kier molecular flexibility index (Phi) is 4.46. The van der Waals surface area contributed by atoms with Crippen LogP contribution in [0.2, 0.25) is 0 Å². The van der Waals surface area contributed by atoms with Crippen LogP contribution in [0, 0.1) is 0 Å². The van der Waals surface area contributed by atoms with Gasteiger partial charge in [0.2, 0.25) is 0 Å². The number of nitrogens with zero attached hydrogens (tertiary/aromatic N) is 5. The average molecular weight is 336 g/mol. The standard InChI is InChI=1S/C19H24N6/c1-14(2)25-19-17(11-23-25)9-15(10-22-19)13-24-8-7-21-12-18(24)16-3-5-20-6-4-16/h3-6,9-11,14,18,21H,7-8,12-13H2,1-2H3. The molecule has 0 aliphatic carbocycles. The molecule has 3 aromatic rings. The molecule has 4 rings (SSSR count). The minimum atomic E-state index is 0.320. The number of aromatic nitrogens is 4. The molecule has 25 heavy (non-hydrogen) atoms. The molecule has 0 amide bonds. The van der Waals surface area contributed by atoms with E-state index in [1.54, 1.807) is 0 Å². The fourth-order valence-electron chi connectivity index (χ4n) is 3.53. The Bertz CT molecular complexity index is 842. The summed E-state index contributed by atoms with van der Waals surface area (Å²) in [6.07, 6.45) is 7.66. The molecule has 3 aromatic heterocycles. The van der Waals surface area contributed by atoms with Crippen LogP contribution in [0.4, 0.5) is 0 Å². The van der Waals surface area contributed by atoms with E-state index in [-0.39, 0.29) is 0 Å². The van der Waals surface area contributed by atoms with Gasteiger partial charge in [0.25, 0.3) is 0 Å². The third kappa shape index (κ3) is 3.27. The Morgan fingerprint density at radius 1 is 1.24 bits per heavy atom. The number of rotatable bonds is 4. The van der Waals surface area contributed by atoms with Gasteiger partial charge >= 0.3 is 0 Å². The first-order chi connectivity index (χ1) is 12.2. The molecule has 1 saturated heterocycles. The Hall–Kier alpha value is -2.31. The predicted octanol–water partition coefficient (Wildman–Crippen LogP) is 2.55. The molecule has 1 aliphatic heterocycles. The lowest BCUT2D eigenvalue weighted by molar-refractivity contribution is 0.153.